The van der Waals surface area contributed by atoms with E-state index >= 15 is 4.39 Å². The number of rotatable bonds is 11. The Morgan fingerprint density at radius 3 is 2.45 bits per heavy atom. The number of carbonyl (C=O) groups is 7. The number of benzene rings is 2. The predicted octanol–water partition coefficient (Wildman–Crippen LogP) is 2.84. The summed E-state index contributed by atoms with van der Waals surface area (Å²) < 4.78 is 62.0. The SMILES string of the molecule is CC1(C)C(=O)N(c2ccc(C#N)c(C(F)(F)F)c2F)C(=S)N1c1ccc([C@@H]2C[C@H]2C(=O)NCCNC(=O)COc2cccc3c2C(=O)N(C2CCC(=O)NC2=O)C3=O)nc1. The van der Waals surface area contributed by atoms with E-state index in [9.17, 15) is 46.7 Å². The predicted molar refractivity (Wildman–Crippen MR) is 202 cm³/mol. The first-order valence-corrected chi connectivity index (χ1v) is 18.7. The lowest BCUT2D eigenvalue weighted by atomic mass is 10.0. The standard InChI is InChI=1S/C39H32F4N8O8S/c1-38(2)36(58)50(24-9-6-18(15-44)30(31(24)40)39(41,42)43)37(60)51(38)19-7-8-23(47-16-19)21-14-22(21)32(54)46-13-12-45-28(53)17-59-26-5-3-4-20-29(26)35(57)49(34(20)56)25-10-11-27(52)48-33(25)55/h3-9,16,21-22,25H,10-14,17H2,1-2H3,(H,45,53)(H,46,54)(H,48,52,55)/t21-,22-,25?/m1/s1. The molecule has 2 aromatic carbocycles. The molecule has 0 bridgehead atoms. The third-order valence-electron chi connectivity index (χ3n) is 10.5. The van der Waals surface area contributed by atoms with E-state index in [-0.39, 0.29) is 65.4 Å². The number of nitriles is 1. The normalized spacial score (nSPS) is 20.8. The summed E-state index contributed by atoms with van der Waals surface area (Å²) in [6, 6.07) is 9.24. The summed E-state index contributed by atoms with van der Waals surface area (Å²) in [6.45, 7) is 2.47. The molecule has 310 valence electrons. The van der Waals surface area contributed by atoms with Gasteiger partial charge in [0.25, 0.3) is 23.6 Å². The van der Waals surface area contributed by atoms with Gasteiger partial charge in [-0.1, -0.05) is 6.07 Å². The first-order chi connectivity index (χ1) is 28.4. The van der Waals surface area contributed by atoms with Crippen LogP contribution in [0.1, 0.15) is 76.6 Å². The first-order valence-electron chi connectivity index (χ1n) is 18.3. The van der Waals surface area contributed by atoms with Crippen molar-refractivity contribution in [2.24, 2.45) is 5.92 Å². The zero-order valence-corrected chi connectivity index (χ0v) is 32.3. The van der Waals surface area contributed by atoms with Gasteiger partial charge in [-0.05, 0) is 75.3 Å². The number of carbonyl (C=O) groups excluding carboxylic acids is 7. The van der Waals surface area contributed by atoms with E-state index in [0.29, 0.717) is 17.0 Å². The van der Waals surface area contributed by atoms with E-state index in [1.165, 1.54) is 49.2 Å². The highest BCUT2D eigenvalue weighted by molar-refractivity contribution is 7.81. The fourth-order valence-electron chi connectivity index (χ4n) is 7.43. The van der Waals surface area contributed by atoms with Crippen molar-refractivity contribution >= 4 is 70.1 Å². The smallest absolute Gasteiger partial charge is 0.420 e. The van der Waals surface area contributed by atoms with Crippen LogP contribution in [0.15, 0.2) is 48.7 Å². The number of fused-ring (bicyclic) bond motifs is 1. The minimum absolute atomic E-state index is 0.00939. The van der Waals surface area contributed by atoms with Crippen LogP contribution in [0, 0.1) is 23.1 Å². The van der Waals surface area contributed by atoms with Crippen LogP contribution in [-0.4, -0.2) is 87.6 Å². The van der Waals surface area contributed by atoms with E-state index < -0.39 is 88.4 Å². The van der Waals surface area contributed by atoms with Gasteiger partial charge >= 0.3 is 6.18 Å². The average Bonchev–Trinajstić information content (AvgIpc) is 3.93. The van der Waals surface area contributed by atoms with Gasteiger partial charge in [0, 0.05) is 37.0 Å². The largest absolute Gasteiger partial charge is 0.483 e. The van der Waals surface area contributed by atoms with Gasteiger partial charge in [0.15, 0.2) is 17.5 Å². The van der Waals surface area contributed by atoms with Gasteiger partial charge in [0.1, 0.15) is 22.9 Å². The second-order valence-electron chi connectivity index (χ2n) is 14.7. The van der Waals surface area contributed by atoms with E-state index in [1.54, 1.807) is 12.1 Å². The number of aromatic nitrogens is 1. The molecule has 3 atom stereocenters. The lowest BCUT2D eigenvalue weighted by Crippen LogP contribution is -2.54. The number of imide groups is 2. The lowest BCUT2D eigenvalue weighted by Gasteiger charge is -2.29. The Bertz CT molecular complexity index is 2450. The molecule has 4 aliphatic rings. The number of thiocarbonyl (C=S) groups is 1. The molecular weight excluding hydrogens is 817 g/mol. The van der Waals surface area contributed by atoms with Gasteiger partial charge in [-0.3, -0.25) is 53.7 Å². The summed E-state index contributed by atoms with van der Waals surface area (Å²) in [7, 11) is 0. The van der Waals surface area contributed by atoms with Gasteiger partial charge in [-0.25, -0.2) is 4.39 Å². The molecule has 3 N–H and O–H groups in total. The molecule has 0 spiro atoms. The third kappa shape index (κ3) is 7.27. The van der Waals surface area contributed by atoms with Gasteiger partial charge < -0.3 is 20.3 Å². The number of pyridine rings is 1. The molecule has 7 amide bonds. The van der Waals surface area contributed by atoms with Gasteiger partial charge in [0.2, 0.25) is 17.7 Å². The van der Waals surface area contributed by atoms with E-state index in [4.69, 9.17) is 22.2 Å². The minimum Gasteiger partial charge on any atom is -0.483 e. The van der Waals surface area contributed by atoms with Crippen LogP contribution in [0.3, 0.4) is 0 Å². The highest BCUT2D eigenvalue weighted by Gasteiger charge is 2.53. The molecule has 7 rings (SSSR count). The van der Waals surface area contributed by atoms with Crippen LogP contribution in [0.25, 0.3) is 0 Å². The number of alkyl halides is 3. The summed E-state index contributed by atoms with van der Waals surface area (Å²) >= 11 is 5.48. The fourth-order valence-corrected chi connectivity index (χ4v) is 7.94. The Morgan fingerprint density at radius 1 is 1.05 bits per heavy atom. The molecule has 1 aromatic heterocycles. The van der Waals surface area contributed by atoms with Crippen LogP contribution in [0.2, 0.25) is 0 Å². The topological polar surface area (TPSA) is 211 Å². The molecule has 16 nitrogen and oxygen atoms in total. The molecule has 60 heavy (non-hydrogen) atoms. The highest BCUT2D eigenvalue weighted by Crippen LogP contribution is 2.47. The van der Waals surface area contributed by atoms with Gasteiger partial charge in [-0.2, -0.15) is 18.4 Å². The zero-order valence-electron chi connectivity index (χ0n) is 31.5. The van der Waals surface area contributed by atoms with Crippen molar-refractivity contribution in [3.63, 3.8) is 0 Å². The molecule has 0 radical (unpaired) electrons. The number of nitrogens with one attached hydrogen (secondary N) is 3. The number of piperidine rings is 1. The second-order valence-corrected chi connectivity index (χ2v) is 15.1. The maximum atomic E-state index is 15.4. The lowest BCUT2D eigenvalue weighted by molar-refractivity contribution is -0.140. The van der Waals surface area contributed by atoms with Gasteiger partial charge in [-0.15, -0.1) is 0 Å². The Hall–Kier alpha value is -6.82. The first kappa shape index (κ1) is 41.3. The monoisotopic (exact) mass is 848 g/mol. The van der Waals surface area contributed by atoms with Crippen molar-refractivity contribution in [3.05, 3.63) is 82.4 Å². The maximum absolute atomic E-state index is 15.4. The summed E-state index contributed by atoms with van der Waals surface area (Å²) in [5.74, 6) is -7.05. The van der Waals surface area contributed by atoms with E-state index in [1.807, 2.05) is 0 Å². The van der Waals surface area contributed by atoms with Crippen molar-refractivity contribution in [2.45, 2.75) is 56.8 Å². The van der Waals surface area contributed by atoms with Crippen molar-refractivity contribution in [1.82, 2.24) is 25.8 Å². The Balaban J connectivity index is 0.898. The van der Waals surface area contributed by atoms with Crippen LogP contribution in [0.4, 0.5) is 28.9 Å². The molecule has 3 aliphatic heterocycles. The van der Waals surface area contributed by atoms with Crippen LogP contribution in [-0.2, 0) is 30.1 Å². The Morgan fingerprint density at radius 2 is 1.78 bits per heavy atom. The number of hydrogen-bond acceptors (Lipinski definition) is 11. The third-order valence-corrected chi connectivity index (χ3v) is 10.9. The van der Waals surface area contributed by atoms with Crippen molar-refractivity contribution < 1.29 is 55.9 Å². The molecule has 1 unspecified atom stereocenters. The Labute approximate surface area is 342 Å². The molecule has 4 heterocycles. The quantitative estimate of drug-likeness (QED) is 0.110. The summed E-state index contributed by atoms with van der Waals surface area (Å²) in [4.78, 5) is 96.3. The number of nitrogens with zero attached hydrogens (tertiary/aromatic N) is 5. The van der Waals surface area contributed by atoms with Crippen LogP contribution < -0.4 is 30.5 Å². The van der Waals surface area contributed by atoms with Crippen molar-refractivity contribution in [3.8, 4) is 11.8 Å². The summed E-state index contributed by atoms with van der Waals surface area (Å²) in [6.07, 6.45) is -3.44. The fraction of sp³-hybridized carbons (Fsp3) is 0.333. The highest BCUT2D eigenvalue weighted by atomic mass is 32.1. The molecule has 2 saturated heterocycles. The number of halogens is 4. The minimum atomic E-state index is -5.22. The number of amides is 7. The van der Waals surface area contributed by atoms with Crippen LogP contribution >= 0.6 is 12.2 Å². The maximum Gasteiger partial charge on any atom is 0.420 e. The molecule has 21 heteroatoms. The number of anilines is 2. The summed E-state index contributed by atoms with van der Waals surface area (Å²) in [5, 5.41) is 16.3. The Kier molecular flexibility index (Phi) is 10.6. The number of hydrogen-bond donors (Lipinski definition) is 3. The number of ether oxygens (including phenoxy) is 1. The van der Waals surface area contributed by atoms with E-state index in [2.05, 4.69) is 20.9 Å². The van der Waals surface area contributed by atoms with Crippen molar-refractivity contribution in [2.75, 3.05) is 29.5 Å². The average molecular weight is 849 g/mol. The van der Waals surface area contributed by atoms with E-state index in [0.717, 1.165) is 17.0 Å². The molecule has 1 saturated carbocycles. The van der Waals surface area contributed by atoms with Crippen molar-refractivity contribution in [1.29, 1.82) is 5.26 Å². The summed E-state index contributed by atoms with van der Waals surface area (Å²) in [5.41, 5.74) is -4.30. The zero-order chi connectivity index (χ0) is 43.4. The molecule has 3 fully saturated rings. The second kappa shape index (κ2) is 15.4. The molecular formula is C39H32F4N8O8S. The molecule has 1 aliphatic carbocycles. The van der Waals surface area contributed by atoms with Crippen LogP contribution in [0.5, 0.6) is 5.75 Å². The van der Waals surface area contributed by atoms with Gasteiger partial charge in [0.05, 0.1) is 40.3 Å². The molecule has 3 aromatic rings.